The number of thiazole rings is 1. The molecule has 1 amide bonds. The lowest BCUT2D eigenvalue weighted by Crippen LogP contribution is -2.20. The summed E-state index contributed by atoms with van der Waals surface area (Å²) >= 11 is 1.47. The van der Waals surface area contributed by atoms with Gasteiger partial charge in [0, 0.05) is 16.1 Å². The minimum Gasteiger partial charge on any atom is -0.484 e. The topological polar surface area (TPSA) is 77.2 Å². The molecule has 0 fully saturated rings. The fourth-order valence-electron chi connectivity index (χ4n) is 2.79. The van der Waals surface area contributed by atoms with Crippen molar-refractivity contribution in [3.63, 3.8) is 0 Å². The Labute approximate surface area is 156 Å². The summed E-state index contributed by atoms with van der Waals surface area (Å²) in [6.07, 6.45) is 0. The van der Waals surface area contributed by atoms with Gasteiger partial charge in [0.05, 0.1) is 5.69 Å². The van der Waals surface area contributed by atoms with Gasteiger partial charge < -0.3 is 15.8 Å². The monoisotopic (exact) mass is 367 g/mol. The first kappa shape index (κ1) is 17.9. The second-order valence-electron chi connectivity index (χ2n) is 6.19. The van der Waals surface area contributed by atoms with Crippen molar-refractivity contribution >= 4 is 28.1 Å². The number of aromatic nitrogens is 1. The van der Waals surface area contributed by atoms with Gasteiger partial charge in [0.2, 0.25) is 0 Å². The smallest absolute Gasteiger partial charge is 0.262 e. The fourth-order valence-corrected chi connectivity index (χ4v) is 3.50. The average Bonchev–Trinajstić information content (AvgIpc) is 2.91. The van der Waals surface area contributed by atoms with E-state index in [1.807, 2.05) is 57.2 Å². The summed E-state index contributed by atoms with van der Waals surface area (Å²) in [4.78, 5) is 17.5. The van der Waals surface area contributed by atoms with Gasteiger partial charge in [-0.2, -0.15) is 0 Å². The summed E-state index contributed by atoms with van der Waals surface area (Å²) in [5.74, 6) is 0.437. The maximum atomic E-state index is 12.1. The lowest BCUT2D eigenvalue weighted by Gasteiger charge is -2.09. The Hall–Kier alpha value is -2.86. The number of carbonyl (C=O) groups excluding carboxylic acids is 1. The zero-order chi connectivity index (χ0) is 18.7. The van der Waals surface area contributed by atoms with Crippen LogP contribution in [-0.2, 0) is 4.79 Å². The van der Waals surface area contributed by atoms with E-state index in [1.54, 1.807) is 0 Å². The molecule has 26 heavy (non-hydrogen) atoms. The van der Waals surface area contributed by atoms with Gasteiger partial charge in [-0.05, 0) is 68.3 Å². The van der Waals surface area contributed by atoms with Gasteiger partial charge in [-0.15, -0.1) is 11.3 Å². The quantitative estimate of drug-likeness (QED) is 0.703. The van der Waals surface area contributed by atoms with E-state index >= 15 is 0 Å². The van der Waals surface area contributed by atoms with Crippen molar-refractivity contribution in [1.29, 1.82) is 0 Å². The zero-order valence-electron chi connectivity index (χ0n) is 15.0. The van der Waals surface area contributed by atoms with E-state index in [2.05, 4.69) is 16.4 Å². The number of carbonyl (C=O) groups is 1. The Bertz CT molecular complexity index is 912. The molecule has 0 aliphatic carbocycles. The van der Waals surface area contributed by atoms with Crippen LogP contribution in [0.5, 0.6) is 5.75 Å². The maximum Gasteiger partial charge on any atom is 0.262 e. The van der Waals surface area contributed by atoms with Crippen molar-refractivity contribution in [2.24, 2.45) is 0 Å². The summed E-state index contributed by atoms with van der Waals surface area (Å²) in [6, 6.07) is 13.4. The minimum absolute atomic E-state index is 0.0466. The van der Waals surface area contributed by atoms with Crippen molar-refractivity contribution in [2.45, 2.75) is 20.8 Å². The van der Waals surface area contributed by atoms with Gasteiger partial charge in [0.15, 0.2) is 11.7 Å². The second-order valence-corrected chi connectivity index (χ2v) is 7.43. The molecule has 3 rings (SSSR count). The number of amides is 1. The Morgan fingerprint density at radius 3 is 2.35 bits per heavy atom. The molecule has 3 aromatic rings. The molecule has 1 heterocycles. The standard InChI is InChI=1S/C20H21N3O2S/c1-12-8-13(2)10-16(9-12)22-18(24)11-25-17-6-4-15(5-7-17)19-14(3)26-20(21)23-19/h4-10H,11H2,1-3H3,(H2,21,23)(H,22,24). The maximum absolute atomic E-state index is 12.1. The third kappa shape index (κ3) is 4.40. The molecule has 2 aromatic carbocycles. The highest BCUT2D eigenvalue weighted by atomic mass is 32.1. The molecule has 134 valence electrons. The van der Waals surface area contributed by atoms with Crippen molar-refractivity contribution in [3.05, 3.63) is 58.5 Å². The summed E-state index contributed by atoms with van der Waals surface area (Å²) in [5.41, 5.74) is 10.6. The van der Waals surface area contributed by atoms with Crippen LogP contribution in [0.2, 0.25) is 0 Å². The van der Waals surface area contributed by atoms with Crippen LogP contribution in [0.25, 0.3) is 11.3 Å². The number of aryl methyl sites for hydroxylation is 3. The predicted molar refractivity (Wildman–Crippen MR) is 107 cm³/mol. The first-order valence-corrected chi connectivity index (χ1v) is 9.06. The lowest BCUT2D eigenvalue weighted by molar-refractivity contribution is -0.118. The average molecular weight is 367 g/mol. The van der Waals surface area contributed by atoms with Crippen molar-refractivity contribution in [1.82, 2.24) is 4.98 Å². The summed E-state index contributed by atoms with van der Waals surface area (Å²) in [7, 11) is 0. The predicted octanol–water partition coefficient (Wildman–Crippen LogP) is 4.34. The van der Waals surface area contributed by atoms with Crippen LogP contribution in [0.1, 0.15) is 16.0 Å². The van der Waals surface area contributed by atoms with Gasteiger partial charge in [0.1, 0.15) is 5.75 Å². The van der Waals surface area contributed by atoms with Crippen LogP contribution in [0.4, 0.5) is 10.8 Å². The highest BCUT2D eigenvalue weighted by Gasteiger charge is 2.09. The number of ether oxygens (including phenoxy) is 1. The first-order chi connectivity index (χ1) is 12.4. The number of nitrogens with one attached hydrogen (secondary N) is 1. The first-order valence-electron chi connectivity index (χ1n) is 8.25. The van der Waals surface area contributed by atoms with E-state index in [1.165, 1.54) is 11.3 Å². The molecule has 0 aliphatic rings. The minimum atomic E-state index is -0.192. The van der Waals surface area contributed by atoms with Crippen LogP contribution in [0, 0.1) is 20.8 Å². The summed E-state index contributed by atoms with van der Waals surface area (Å²) in [5, 5.41) is 3.41. The Kier molecular flexibility index (Phi) is 5.23. The molecule has 5 nitrogen and oxygen atoms in total. The van der Waals surface area contributed by atoms with E-state index in [9.17, 15) is 4.79 Å². The molecular formula is C20H21N3O2S. The van der Waals surface area contributed by atoms with Crippen molar-refractivity contribution < 1.29 is 9.53 Å². The normalized spacial score (nSPS) is 10.6. The molecule has 0 radical (unpaired) electrons. The molecule has 6 heteroatoms. The van der Waals surface area contributed by atoms with Gasteiger partial charge in [-0.25, -0.2) is 4.98 Å². The molecule has 0 aliphatic heterocycles. The molecule has 0 bridgehead atoms. The van der Waals surface area contributed by atoms with Crippen LogP contribution < -0.4 is 15.8 Å². The Morgan fingerprint density at radius 1 is 1.12 bits per heavy atom. The zero-order valence-corrected chi connectivity index (χ0v) is 15.8. The Morgan fingerprint density at radius 2 is 1.77 bits per heavy atom. The fraction of sp³-hybridized carbons (Fsp3) is 0.200. The van der Waals surface area contributed by atoms with Gasteiger partial charge in [-0.1, -0.05) is 6.07 Å². The summed E-state index contributed by atoms with van der Waals surface area (Å²) in [6.45, 7) is 5.94. The third-order valence-electron chi connectivity index (χ3n) is 3.82. The molecule has 3 N–H and O–H groups in total. The number of hydrogen-bond donors (Lipinski definition) is 2. The van der Waals surface area contributed by atoms with Gasteiger partial charge >= 0.3 is 0 Å². The molecule has 0 saturated heterocycles. The highest BCUT2D eigenvalue weighted by Crippen LogP contribution is 2.29. The van der Waals surface area contributed by atoms with Gasteiger partial charge in [-0.3, -0.25) is 4.79 Å². The third-order valence-corrected chi connectivity index (χ3v) is 4.62. The van der Waals surface area contributed by atoms with Crippen LogP contribution in [0.3, 0.4) is 0 Å². The van der Waals surface area contributed by atoms with Crippen molar-refractivity contribution in [2.75, 3.05) is 17.7 Å². The number of nitrogen functional groups attached to an aromatic ring is 1. The number of anilines is 2. The van der Waals surface area contributed by atoms with Crippen LogP contribution >= 0.6 is 11.3 Å². The molecular weight excluding hydrogens is 346 g/mol. The van der Waals surface area contributed by atoms with Crippen molar-refractivity contribution in [3.8, 4) is 17.0 Å². The SMILES string of the molecule is Cc1cc(C)cc(NC(=O)COc2ccc(-c3nc(N)sc3C)cc2)c1. The highest BCUT2D eigenvalue weighted by molar-refractivity contribution is 7.15. The molecule has 0 saturated carbocycles. The lowest BCUT2D eigenvalue weighted by atomic mass is 10.1. The number of rotatable bonds is 5. The second kappa shape index (κ2) is 7.58. The van der Waals surface area contributed by atoms with Gasteiger partial charge in [0.25, 0.3) is 5.91 Å². The summed E-state index contributed by atoms with van der Waals surface area (Å²) < 4.78 is 5.57. The number of benzene rings is 2. The number of hydrogen-bond acceptors (Lipinski definition) is 5. The van der Waals surface area contributed by atoms with E-state index in [0.29, 0.717) is 10.9 Å². The van der Waals surface area contributed by atoms with E-state index in [0.717, 1.165) is 32.9 Å². The molecule has 1 aromatic heterocycles. The molecule has 0 spiro atoms. The van der Waals surface area contributed by atoms with E-state index in [-0.39, 0.29) is 12.5 Å². The molecule has 0 unspecified atom stereocenters. The van der Waals surface area contributed by atoms with Crippen LogP contribution in [-0.4, -0.2) is 17.5 Å². The van der Waals surface area contributed by atoms with E-state index in [4.69, 9.17) is 10.5 Å². The largest absolute Gasteiger partial charge is 0.484 e. The number of nitrogens with two attached hydrogens (primary N) is 1. The molecule has 0 atom stereocenters. The van der Waals surface area contributed by atoms with Crippen LogP contribution in [0.15, 0.2) is 42.5 Å². The Balaban J connectivity index is 1.59. The number of nitrogens with zero attached hydrogens (tertiary/aromatic N) is 1. The van der Waals surface area contributed by atoms with E-state index < -0.39 is 0 Å².